The number of hydrogen-bond donors (Lipinski definition) is 3. The number of rotatable bonds is 5. The molecule has 0 aromatic carbocycles. The summed E-state index contributed by atoms with van der Waals surface area (Å²) in [6, 6.07) is 5.73. The van der Waals surface area contributed by atoms with Gasteiger partial charge in [0.05, 0.1) is 6.10 Å². The Labute approximate surface area is 212 Å². The zero-order valence-corrected chi connectivity index (χ0v) is 21.3. The van der Waals surface area contributed by atoms with E-state index >= 15 is 4.39 Å². The lowest BCUT2D eigenvalue weighted by atomic mass is 9.44. The molecular weight excluding hydrogens is 459 g/mol. The maximum absolute atomic E-state index is 17.2. The Kier molecular flexibility index (Phi) is 6.03. The van der Waals surface area contributed by atoms with E-state index in [0.717, 1.165) is 11.3 Å². The molecule has 194 valence electrons. The largest absolute Gasteiger partial charge is 0.390 e. The van der Waals surface area contributed by atoms with Gasteiger partial charge in [0.15, 0.2) is 17.1 Å². The minimum absolute atomic E-state index is 0.0164. The van der Waals surface area contributed by atoms with Crippen LogP contribution in [-0.2, 0) is 16.0 Å². The monoisotopic (exact) mass is 496 g/mol. The number of aryl methyl sites for hydroxylation is 1. The normalized spacial score (nSPS) is 43.3. The first-order chi connectivity index (χ1) is 17.0. The average Bonchev–Trinajstić information content (AvgIpc) is 3.05. The Bertz CT molecular complexity index is 1120. The molecule has 6 nitrogen and oxygen atoms in total. The number of hydrogen-bond acceptors (Lipinski definition) is 5. The van der Waals surface area contributed by atoms with Gasteiger partial charge in [0.25, 0.3) is 5.91 Å². The van der Waals surface area contributed by atoms with Crippen molar-refractivity contribution in [1.29, 1.82) is 0 Å². The van der Waals surface area contributed by atoms with Crippen LogP contribution in [0.2, 0.25) is 0 Å². The average molecular weight is 497 g/mol. The van der Waals surface area contributed by atoms with Crippen molar-refractivity contribution in [2.75, 3.05) is 6.54 Å². The van der Waals surface area contributed by atoms with Gasteiger partial charge in [-0.15, -0.1) is 0 Å². The standard InChI is InChI=1S/C29H37FN2O4/c1-18-15-23-22-10-9-19-16-21(33)11-12-26(19,2)28(22,30)24(34)17-27(23,3)29(18,36)25(35)32-14-6-8-20-7-4-5-13-31-20/h4-5,7,11-13,16,18,22-24,34,36H,6,8-10,14-15,17H2,1-3H3,(H,32,35)/t18-,22+,23+,24+,26+,27+,28+,29+/m1/s1. The number of nitrogens with one attached hydrogen (secondary N) is 1. The molecule has 4 aliphatic rings. The van der Waals surface area contributed by atoms with Gasteiger partial charge in [-0.3, -0.25) is 14.6 Å². The Hall–Kier alpha value is -2.38. The minimum Gasteiger partial charge on any atom is -0.390 e. The molecular formula is C29H37FN2O4. The second kappa shape index (κ2) is 8.59. The molecule has 0 unspecified atom stereocenters. The van der Waals surface area contributed by atoms with Crippen LogP contribution in [0.15, 0.2) is 48.2 Å². The van der Waals surface area contributed by atoms with Gasteiger partial charge in [-0.2, -0.15) is 0 Å². The van der Waals surface area contributed by atoms with Gasteiger partial charge in [-0.1, -0.05) is 31.6 Å². The van der Waals surface area contributed by atoms with Gasteiger partial charge in [0.2, 0.25) is 0 Å². The number of allylic oxidation sites excluding steroid dienone is 4. The summed E-state index contributed by atoms with van der Waals surface area (Å²) >= 11 is 0. The van der Waals surface area contributed by atoms with Gasteiger partial charge >= 0.3 is 0 Å². The highest BCUT2D eigenvalue weighted by molar-refractivity contribution is 6.01. The second-order valence-electron chi connectivity index (χ2n) is 11.8. The SMILES string of the molecule is C[C@@H]1C[C@H]2[C@@H]3CCC4=CC(=O)C=C[C@]4(C)[C@@]3(F)[C@@H](O)C[C@]2(C)[C@@]1(O)C(=O)NCCCc1ccccn1. The smallest absolute Gasteiger partial charge is 0.252 e. The van der Waals surface area contributed by atoms with Crippen molar-refractivity contribution in [2.45, 2.75) is 76.7 Å². The van der Waals surface area contributed by atoms with E-state index in [4.69, 9.17) is 0 Å². The highest BCUT2D eigenvalue weighted by Gasteiger charge is 2.75. The minimum atomic E-state index is -1.97. The highest BCUT2D eigenvalue weighted by Crippen LogP contribution is 2.70. The number of alkyl halides is 1. The number of amides is 1. The molecule has 3 N–H and O–H groups in total. The van der Waals surface area contributed by atoms with Crippen molar-refractivity contribution in [1.82, 2.24) is 10.3 Å². The number of ketones is 1. The maximum Gasteiger partial charge on any atom is 0.252 e. The van der Waals surface area contributed by atoms with Gasteiger partial charge in [0.1, 0.15) is 0 Å². The van der Waals surface area contributed by atoms with Crippen LogP contribution in [0.1, 0.15) is 58.6 Å². The van der Waals surface area contributed by atoms with Crippen LogP contribution in [0.25, 0.3) is 0 Å². The van der Waals surface area contributed by atoms with E-state index in [0.29, 0.717) is 38.6 Å². The first-order valence-corrected chi connectivity index (χ1v) is 13.2. The zero-order chi connectivity index (χ0) is 25.9. The fourth-order valence-corrected chi connectivity index (χ4v) is 8.18. The fraction of sp³-hybridized carbons (Fsp3) is 0.621. The van der Waals surface area contributed by atoms with Crippen LogP contribution in [0.3, 0.4) is 0 Å². The molecule has 3 fully saturated rings. The molecule has 36 heavy (non-hydrogen) atoms. The summed E-state index contributed by atoms with van der Waals surface area (Å²) in [6.07, 6.45) is 7.85. The lowest BCUT2D eigenvalue weighted by Crippen LogP contribution is -2.70. The number of carbonyl (C=O) groups is 2. The number of aliphatic hydroxyl groups excluding tert-OH is 1. The molecule has 8 atom stereocenters. The van der Waals surface area contributed by atoms with E-state index in [1.54, 1.807) is 19.2 Å². The molecule has 0 aliphatic heterocycles. The highest BCUT2D eigenvalue weighted by atomic mass is 19.1. The molecule has 1 aromatic rings. The molecule has 1 amide bonds. The topological polar surface area (TPSA) is 99.5 Å². The van der Waals surface area contributed by atoms with E-state index in [2.05, 4.69) is 10.3 Å². The van der Waals surface area contributed by atoms with Crippen LogP contribution in [0.5, 0.6) is 0 Å². The first-order valence-electron chi connectivity index (χ1n) is 13.2. The third-order valence-corrected chi connectivity index (χ3v) is 10.2. The molecule has 5 rings (SSSR count). The van der Waals surface area contributed by atoms with Gasteiger partial charge < -0.3 is 15.5 Å². The van der Waals surface area contributed by atoms with E-state index in [9.17, 15) is 19.8 Å². The molecule has 3 saturated carbocycles. The zero-order valence-electron chi connectivity index (χ0n) is 21.3. The predicted molar refractivity (Wildman–Crippen MR) is 133 cm³/mol. The summed E-state index contributed by atoms with van der Waals surface area (Å²) in [5.41, 5.74) is -4.06. The summed E-state index contributed by atoms with van der Waals surface area (Å²) in [5.74, 6) is -1.77. The van der Waals surface area contributed by atoms with Crippen molar-refractivity contribution in [3.8, 4) is 0 Å². The number of halogens is 1. The number of pyridine rings is 1. The van der Waals surface area contributed by atoms with Crippen LogP contribution in [0.4, 0.5) is 4.39 Å². The van der Waals surface area contributed by atoms with Crippen LogP contribution in [-0.4, -0.2) is 50.8 Å². The first kappa shape index (κ1) is 25.3. The summed E-state index contributed by atoms with van der Waals surface area (Å²) in [4.78, 5) is 29.8. The van der Waals surface area contributed by atoms with E-state index in [1.807, 2.05) is 32.0 Å². The molecule has 0 saturated heterocycles. The summed E-state index contributed by atoms with van der Waals surface area (Å²) in [7, 11) is 0. The number of aromatic nitrogens is 1. The molecule has 1 heterocycles. The van der Waals surface area contributed by atoms with E-state index < -0.39 is 40.0 Å². The van der Waals surface area contributed by atoms with E-state index in [-0.39, 0.29) is 24.0 Å². The van der Waals surface area contributed by atoms with Crippen molar-refractivity contribution < 1.29 is 24.2 Å². The molecule has 0 spiro atoms. The van der Waals surface area contributed by atoms with Crippen LogP contribution < -0.4 is 5.32 Å². The predicted octanol–water partition coefficient (Wildman–Crippen LogP) is 3.48. The molecule has 7 heteroatoms. The Morgan fingerprint density at radius 2 is 2.06 bits per heavy atom. The maximum atomic E-state index is 17.2. The molecule has 4 aliphatic carbocycles. The Morgan fingerprint density at radius 3 is 2.78 bits per heavy atom. The van der Waals surface area contributed by atoms with Crippen molar-refractivity contribution in [3.63, 3.8) is 0 Å². The van der Waals surface area contributed by atoms with Crippen molar-refractivity contribution >= 4 is 11.7 Å². The third-order valence-electron chi connectivity index (χ3n) is 10.2. The second-order valence-corrected chi connectivity index (χ2v) is 11.8. The molecule has 1 aromatic heterocycles. The summed E-state index contributed by atoms with van der Waals surface area (Å²) in [6.45, 7) is 5.89. The van der Waals surface area contributed by atoms with Crippen molar-refractivity contribution in [3.05, 3.63) is 53.9 Å². The third kappa shape index (κ3) is 3.31. The number of carbonyl (C=O) groups excluding carboxylic acids is 2. The Morgan fingerprint density at radius 1 is 1.28 bits per heavy atom. The number of fused-ring (bicyclic) bond motifs is 5. The summed E-state index contributed by atoms with van der Waals surface area (Å²) < 4.78 is 17.2. The van der Waals surface area contributed by atoms with Crippen LogP contribution in [0, 0.1) is 28.6 Å². The lowest BCUT2D eigenvalue weighted by molar-refractivity contribution is -0.219. The van der Waals surface area contributed by atoms with Gasteiger partial charge in [0, 0.05) is 35.2 Å². The van der Waals surface area contributed by atoms with Crippen LogP contribution >= 0.6 is 0 Å². The quantitative estimate of drug-likeness (QED) is 0.542. The molecule has 0 bridgehead atoms. The fourth-order valence-electron chi connectivity index (χ4n) is 8.18. The van der Waals surface area contributed by atoms with Gasteiger partial charge in [-0.05, 0) is 81.6 Å². The number of aliphatic hydroxyl groups is 2. The Balaban J connectivity index is 1.38. The molecule has 0 radical (unpaired) electrons. The lowest BCUT2D eigenvalue weighted by Gasteiger charge is -2.62. The summed E-state index contributed by atoms with van der Waals surface area (Å²) in [5, 5.41) is 26.3. The van der Waals surface area contributed by atoms with Crippen molar-refractivity contribution in [2.24, 2.45) is 28.6 Å². The number of nitrogens with zero attached hydrogens (tertiary/aromatic N) is 1. The van der Waals surface area contributed by atoms with Gasteiger partial charge in [-0.25, -0.2) is 4.39 Å². The van der Waals surface area contributed by atoms with E-state index in [1.165, 1.54) is 12.2 Å².